The van der Waals surface area contributed by atoms with Crippen molar-refractivity contribution in [3.05, 3.63) is 55.9 Å². The molecule has 2 aromatic carbocycles. The van der Waals surface area contributed by atoms with Gasteiger partial charge in [0.2, 0.25) is 0 Å². The topological polar surface area (TPSA) is 21.3 Å². The van der Waals surface area contributed by atoms with Crippen LogP contribution in [0.3, 0.4) is 0 Å². The number of ether oxygens (including phenoxy) is 1. The number of anilines is 1. The molecule has 0 aliphatic heterocycles. The van der Waals surface area contributed by atoms with E-state index in [0.717, 1.165) is 8.95 Å². The van der Waals surface area contributed by atoms with Gasteiger partial charge in [0, 0.05) is 21.1 Å². The summed E-state index contributed by atoms with van der Waals surface area (Å²) in [5.74, 6) is 0.133. The molecule has 0 aliphatic carbocycles. The second-order valence-corrected chi connectivity index (χ2v) is 6.35. The average Bonchev–Trinajstić information content (AvgIpc) is 2.40. The molecule has 0 radical (unpaired) electrons. The van der Waals surface area contributed by atoms with E-state index >= 15 is 0 Å². The van der Waals surface area contributed by atoms with E-state index in [2.05, 4.69) is 41.9 Å². The largest absolute Gasteiger partial charge is 0.434 e. The Hall–Kier alpha value is -0.850. The number of nitrogens with one attached hydrogen (secondary N) is 1. The second-order valence-electron chi connectivity index (χ2n) is 4.11. The first-order valence-corrected chi connectivity index (χ1v) is 7.84. The van der Waals surface area contributed by atoms with Crippen LogP contribution < -0.4 is 10.1 Å². The average molecular weight is 441 g/mol. The smallest absolute Gasteiger partial charge is 0.387 e. The van der Waals surface area contributed by atoms with E-state index in [-0.39, 0.29) is 5.75 Å². The monoisotopic (exact) mass is 439 g/mol. The molecular formula is C14H10Br2ClF2NO. The Bertz CT molecular complexity index is 640. The lowest BCUT2D eigenvalue weighted by Gasteiger charge is -2.13. The summed E-state index contributed by atoms with van der Waals surface area (Å²) in [5, 5.41) is 3.64. The molecule has 7 heteroatoms. The van der Waals surface area contributed by atoms with Gasteiger partial charge in [-0.15, -0.1) is 0 Å². The molecule has 0 saturated carbocycles. The predicted molar refractivity (Wildman–Crippen MR) is 87.3 cm³/mol. The highest BCUT2D eigenvalue weighted by molar-refractivity contribution is 9.10. The van der Waals surface area contributed by atoms with E-state index in [0.29, 0.717) is 22.8 Å². The number of benzene rings is 2. The van der Waals surface area contributed by atoms with Crippen LogP contribution in [-0.2, 0) is 6.54 Å². The van der Waals surface area contributed by atoms with Gasteiger partial charge in [0.1, 0.15) is 5.75 Å². The molecule has 0 fully saturated rings. The molecule has 1 N–H and O–H groups in total. The van der Waals surface area contributed by atoms with Crippen molar-refractivity contribution in [3.63, 3.8) is 0 Å². The maximum Gasteiger partial charge on any atom is 0.387 e. The van der Waals surface area contributed by atoms with Crippen LogP contribution in [0.1, 0.15) is 5.56 Å². The van der Waals surface area contributed by atoms with E-state index in [1.807, 2.05) is 6.07 Å². The van der Waals surface area contributed by atoms with Gasteiger partial charge in [-0.2, -0.15) is 8.78 Å². The Labute approximate surface area is 142 Å². The Morgan fingerprint density at radius 1 is 1.10 bits per heavy atom. The van der Waals surface area contributed by atoms with Gasteiger partial charge in [-0.05, 0) is 36.4 Å². The molecule has 0 unspecified atom stereocenters. The molecule has 21 heavy (non-hydrogen) atoms. The normalized spacial score (nSPS) is 10.8. The Kier molecular flexibility index (Phi) is 5.84. The fraction of sp³-hybridized carbons (Fsp3) is 0.143. The zero-order valence-corrected chi connectivity index (χ0v) is 14.5. The van der Waals surface area contributed by atoms with Crippen molar-refractivity contribution in [2.75, 3.05) is 5.32 Å². The lowest BCUT2D eigenvalue weighted by Crippen LogP contribution is -2.07. The van der Waals surface area contributed by atoms with Crippen molar-refractivity contribution in [2.45, 2.75) is 13.2 Å². The van der Waals surface area contributed by atoms with Crippen LogP contribution in [-0.4, -0.2) is 6.61 Å². The minimum absolute atomic E-state index is 0.133. The van der Waals surface area contributed by atoms with E-state index < -0.39 is 6.61 Å². The number of rotatable bonds is 5. The molecule has 112 valence electrons. The van der Waals surface area contributed by atoms with Gasteiger partial charge in [0.15, 0.2) is 0 Å². The lowest BCUT2D eigenvalue weighted by molar-refractivity contribution is -0.0504. The molecule has 2 aromatic rings. The van der Waals surface area contributed by atoms with E-state index in [1.165, 1.54) is 6.07 Å². The third kappa shape index (κ3) is 4.83. The highest BCUT2D eigenvalue weighted by Crippen LogP contribution is 2.29. The third-order valence-corrected chi connectivity index (χ3v) is 3.94. The van der Waals surface area contributed by atoms with Crippen LogP contribution in [0, 0.1) is 0 Å². The highest BCUT2D eigenvalue weighted by atomic mass is 79.9. The quantitative estimate of drug-likeness (QED) is 0.607. The third-order valence-electron chi connectivity index (χ3n) is 2.64. The number of alkyl halides is 2. The maximum absolute atomic E-state index is 12.4. The summed E-state index contributed by atoms with van der Waals surface area (Å²) in [7, 11) is 0. The van der Waals surface area contributed by atoms with Gasteiger partial charge >= 0.3 is 6.61 Å². The maximum atomic E-state index is 12.4. The molecule has 0 amide bonds. The van der Waals surface area contributed by atoms with Crippen molar-refractivity contribution in [3.8, 4) is 5.75 Å². The van der Waals surface area contributed by atoms with Gasteiger partial charge in [0.05, 0.1) is 10.7 Å². The zero-order valence-electron chi connectivity index (χ0n) is 10.5. The van der Waals surface area contributed by atoms with Crippen LogP contribution >= 0.6 is 43.5 Å². The molecule has 2 nitrogen and oxygen atoms in total. The molecule has 0 heterocycles. The first-order valence-electron chi connectivity index (χ1n) is 5.88. The summed E-state index contributed by atoms with van der Waals surface area (Å²) in [5.41, 5.74) is 1.31. The van der Waals surface area contributed by atoms with Crippen LogP contribution in [0.15, 0.2) is 45.3 Å². The SMILES string of the molecule is FC(F)Oc1ccc(Br)cc1CNc1ccc(Br)cc1Cl. The first kappa shape index (κ1) is 16.5. The van der Waals surface area contributed by atoms with Crippen LogP contribution in [0.5, 0.6) is 5.75 Å². The van der Waals surface area contributed by atoms with E-state index in [1.54, 1.807) is 24.3 Å². The Balaban J connectivity index is 2.16. The van der Waals surface area contributed by atoms with E-state index in [9.17, 15) is 8.78 Å². The Morgan fingerprint density at radius 3 is 2.43 bits per heavy atom. The van der Waals surface area contributed by atoms with Crippen molar-refractivity contribution in [2.24, 2.45) is 0 Å². The Morgan fingerprint density at radius 2 is 1.76 bits per heavy atom. The number of halogens is 5. The van der Waals surface area contributed by atoms with Crippen LogP contribution in [0.25, 0.3) is 0 Å². The summed E-state index contributed by atoms with van der Waals surface area (Å²) in [6.45, 7) is -2.55. The molecule has 0 aromatic heterocycles. The van der Waals surface area contributed by atoms with Crippen molar-refractivity contribution >= 4 is 49.1 Å². The zero-order chi connectivity index (χ0) is 15.4. The highest BCUT2D eigenvalue weighted by Gasteiger charge is 2.10. The van der Waals surface area contributed by atoms with Gasteiger partial charge in [-0.3, -0.25) is 0 Å². The molecular weight excluding hydrogens is 431 g/mol. The van der Waals surface area contributed by atoms with E-state index in [4.69, 9.17) is 11.6 Å². The van der Waals surface area contributed by atoms with Crippen molar-refractivity contribution in [1.82, 2.24) is 0 Å². The summed E-state index contributed by atoms with van der Waals surface area (Å²) in [6.07, 6.45) is 0. The summed E-state index contributed by atoms with van der Waals surface area (Å²) in [4.78, 5) is 0. The molecule has 2 rings (SSSR count). The van der Waals surface area contributed by atoms with Gasteiger partial charge in [0.25, 0.3) is 0 Å². The number of hydrogen-bond donors (Lipinski definition) is 1. The van der Waals surface area contributed by atoms with Crippen LogP contribution in [0.4, 0.5) is 14.5 Å². The molecule has 0 aliphatic rings. The second kappa shape index (κ2) is 7.42. The van der Waals surface area contributed by atoms with Gasteiger partial charge in [-0.1, -0.05) is 43.5 Å². The van der Waals surface area contributed by atoms with Gasteiger partial charge < -0.3 is 10.1 Å². The fourth-order valence-corrected chi connectivity index (χ4v) is 2.87. The molecule has 0 atom stereocenters. The first-order chi connectivity index (χ1) is 9.95. The molecule has 0 saturated heterocycles. The number of hydrogen-bond acceptors (Lipinski definition) is 2. The minimum atomic E-state index is -2.86. The van der Waals surface area contributed by atoms with Crippen LogP contribution in [0.2, 0.25) is 5.02 Å². The van der Waals surface area contributed by atoms with Gasteiger partial charge in [-0.25, -0.2) is 0 Å². The van der Waals surface area contributed by atoms with Crippen molar-refractivity contribution in [1.29, 1.82) is 0 Å². The molecule has 0 spiro atoms. The standard InChI is InChI=1S/C14H10Br2ClF2NO/c15-9-2-4-13(21-14(18)19)8(5-9)7-20-12-3-1-10(16)6-11(12)17/h1-6,14,20H,7H2. The summed E-state index contributed by atoms with van der Waals surface area (Å²) < 4.78 is 30.9. The lowest BCUT2D eigenvalue weighted by atomic mass is 10.2. The van der Waals surface area contributed by atoms with Crippen molar-refractivity contribution < 1.29 is 13.5 Å². The predicted octanol–water partition coefficient (Wildman–Crippen LogP) is 6.08. The summed E-state index contributed by atoms with van der Waals surface area (Å²) >= 11 is 12.7. The minimum Gasteiger partial charge on any atom is -0.434 e. The fourth-order valence-electron chi connectivity index (χ4n) is 1.72. The molecule has 0 bridgehead atoms. The summed E-state index contributed by atoms with van der Waals surface area (Å²) in [6, 6.07) is 10.3.